The van der Waals surface area contributed by atoms with Gasteiger partial charge in [-0.3, -0.25) is 5.10 Å². The monoisotopic (exact) mass is 229 g/mol. The van der Waals surface area contributed by atoms with Gasteiger partial charge in [-0.1, -0.05) is 19.1 Å². The van der Waals surface area contributed by atoms with Crippen LogP contribution >= 0.6 is 0 Å². The van der Waals surface area contributed by atoms with Crippen molar-refractivity contribution >= 4 is 5.69 Å². The maximum absolute atomic E-state index is 4.19. The number of benzene rings is 1. The van der Waals surface area contributed by atoms with E-state index in [1.807, 2.05) is 6.92 Å². The molecule has 17 heavy (non-hydrogen) atoms. The van der Waals surface area contributed by atoms with Gasteiger partial charge in [0.15, 0.2) is 0 Å². The minimum absolute atomic E-state index is 0.819. The van der Waals surface area contributed by atoms with E-state index in [9.17, 15) is 0 Å². The molecule has 3 heteroatoms. The third-order valence-corrected chi connectivity index (χ3v) is 3.11. The van der Waals surface area contributed by atoms with Gasteiger partial charge in [-0.2, -0.15) is 5.10 Å². The Morgan fingerprint density at radius 3 is 2.41 bits per heavy atom. The van der Waals surface area contributed by atoms with Crippen molar-refractivity contribution in [1.82, 2.24) is 10.2 Å². The highest BCUT2D eigenvalue weighted by Gasteiger charge is 2.05. The van der Waals surface area contributed by atoms with Crippen LogP contribution in [0.2, 0.25) is 0 Å². The lowest BCUT2D eigenvalue weighted by atomic mass is 10.1. The van der Waals surface area contributed by atoms with Crippen LogP contribution in [0.5, 0.6) is 0 Å². The zero-order chi connectivity index (χ0) is 12.3. The first-order valence-corrected chi connectivity index (χ1v) is 6.04. The first kappa shape index (κ1) is 11.7. The van der Waals surface area contributed by atoms with E-state index in [1.165, 1.54) is 11.1 Å². The molecule has 0 radical (unpaired) electrons. The molecule has 2 N–H and O–H groups in total. The van der Waals surface area contributed by atoms with E-state index in [0.29, 0.717) is 0 Å². The average molecular weight is 229 g/mol. The Hall–Kier alpha value is -1.77. The third kappa shape index (κ3) is 2.67. The standard InChI is InChI=1S/C14H19N3/c1-4-12-5-7-13(8-6-12)15-9-14-10(2)16-17-11(14)3/h5-8,15H,4,9H2,1-3H3,(H,16,17). The molecule has 3 nitrogen and oxygen atoms in total. The normalized spacial score (nSPS) is 10.5. The summed E-state index contributed by atoms with van der Waals surface area (Å²) < 4.78 is 0. The van der Waals surface area contributed by atoms with Crippen molar-refractivity contribution < 1.29 is 0 Å². The SMILES string of the molecule is CCc1ccc(NCc2c(C)n[nH]c2C)cc1. The van der Waals surface area contributed by atoms with Gasteiger partial charge in [0.05, 0.1) is 5.69 Å². The summed E-state index contributed by atoms with van der Waals surface area (Å²) in [4.78, 5) is 0. The summed E-state index contributed by atoms with van der Waals surface area (Å²) in [5, 5.41) is 10.6. The fraction of sp³-hybridized carbons (Fsp3) is 0.357. The van der Waals surface area contributed by atoms with Crippen LogP contribution in [0.15, 0.2) is 24.3 Å². The Morgan fingerprint density at radius 1 is 1.18 bits per heavy atom. The Morgan fingerprint density at radius 2 is 1.88 bits per heavy atom. The molecule has 0 fully saturated rings. The molecule has 90 valence electrons. The molecule has 1 aromatic heterocycles. The van der Waals surface area contributed by atoms with Crippen molar-refractivity contribution in [2.45, 2.75) is 33.7 Å². The van der Waals surface area contributed by atoms with Crippen LogP contribution in [-0.2, 0) is 13.0 Å². The van der Waals surface area contributed by atoms with Crippen molar-refractivity contribution in [3.63, 3.8) is 0 Å². The maximum atomic E-state index is 4.19. The highest BCUT2D eigenvalue weighted by Crippen LogP contribution is 2.14. The largest absolute Gasteiger partial charge is 0.381 e. The fourth-order valence-corrected chi connectivity index (χ4v) is 1.88. The molecule has 2 rings (SSSR count). The smallest absolute Gasteiger partial charge is 0.0643 e. The Bertz CT molecular complexity index is 463. The number of hydrogen-bond acceptors (Lipinski definition) is 2. The zero-order valence-corrected chi connectivity index (χ0v) is 10.7. The molecule has 0 bridgehead atoms. The van der Waals surface area contributed by atoms with Crippen LogP contribution in [0.3, 0.4) is 0 Å². The number of aromatic nitrogens is 2. The van der Waals surface area contributed by atoms with Gasteiger partial charge >= 0.3 is 0 Å². The summed E-state index contributed by atoms with van der Waals surface area (Å²) in [5.41, 5.74) is 5.98. The molecular formula is C14H19N3. The van der Waals surface area contributed by atoms with Gasteiger partial charge in [-0.15, -0.1) is 0 Å². The van der Waals surface area contributed by atoms with E-state index < -0.39 is 0 Å². The lowest BCUT2D eigenvalue weighted by Crippen LogP contribution is -2.01. The molecule has 1 heterocycles. The molecule has 0 aliphatic rings. The molecule has 0 saturated heterocycles. The molecule has 0 aliphatic heterocycles. The summed E-state index contributed by atoms with van der Waals surface area (Å²) in [6.07, 6.45) is 1.08. The number of nitrogens with zero attached hydrogens (tertiary/aromatic N) is 1. The summed E-state index contributed by atoms with van der Waals surface area (Å²) >= 11 is 0. The van der Waals surface area contributed by atoms with E-state index in [4.69, 9.17) is 0 Å². The Balaban J connectivity index is 2.02. The van der Waals surface area contributed by atoms with Gasteiger partial charge in [0, 0.05) is 23.5 Å². The van der Waals surface area contributed by atoms with Gasteiger partial charge in [0.25, 0.3) is 0 Å². The highest BCUT2D eigenvalue weighted by molar-refractivity contribution is 5.45. The van der Waals surface area contributed by atoms with Gasteiger partial charge in [-0.25, -0.2) is 0 Å². The number of hydrogen-bond donors (Lipinski definition) is 2. The molecule has 0 amide bonds. The van der Waals surface area contributed by atoms with Crippen LogP contribution in [0, 0.1) is 13.8 Å². The van der Waals surface area contributed by atoms with E-state index in [1.54, 1.807) is 0 Å². The summed E-state index contributed by atoms with van der Waals surface area (Å²) in [7, 11) is 0. The van der Waals surface area contributed by atoms with E-state index in [2.05, 4.69) is 53.6 Å². The number of aromatic amines is 1. The minimum Gasteiger partial charge on any atom is -0.381 e. The molecule has 0 unspecified atom stereocenters. The van der Waals surface area contributed by atoms with Crippen LogP contribution in [0.25, 0.3) is 0 Å². The van der Waals surface area contributed by atoms with E-state index in [-0.39, 0.29) is 0 Å². The van der Waals surface area contributed by atoms with Crippen molar-refractivity contribution in [3.05, 3.63) is 46.8 Å². The molecule has 0 atom stereocenters. The Labute approximate surface area is 102 Å². The van der Waals surface area contributed by atoms with Crippen LogP contribution in [-0.4, -0.2) is 10.2 Å². The molecule has 2 aromatic rings. The number of anilines is 1. The topological polar surface area (TPSA) is 40.7 Å². The number of H-pyrrole nitrogens is 1. The summed E-state index contributed by atoms with van der Waals surface area (Å²) in [5.74, 6) is 0. The van der Waals surface area contributed by atoms with E-state index >= 15 is 0 Å². The number of nitrogens with one attached hydrogen (secondary N) is 2. The second-order valence-electron chi connectivity index (χ2n) is 4.32. The van der Waals surface area contributed by atoms with Crippen molar-refractivity contribution in [2.75, 3.05) is 5.32 Å². The van der Waals surface area contributed by atoms with Gasteiger partial charge in [0.2, 0.25) is 0 Å². The fourth-order valence-electron chi connectivity index (χ4n) is 1.88. The second-order valence-corrected chi connectivity index (χ2v) is 4.32. The molecular weight excluding hydrogens is 210 g/mol. The lowest BCUT2D eigenvalue weighted by Gasteiger charge is -2.07. The third-order valence-electron chi connectivity index (χ3n) is 3.11. The average Bonchev–Trinajstić information content (AvgIpc) is 2.67. The summed E-state index contributed by atoms with van der Waals surface area (Å²) in [6.45, 7) is 7.07. The minimum atomic E-state index is 0.819. The number of aryl methyl sites for hydroxylation is 3. The first-order chi connectivity index (χ1) is 8.20. The van der Waals surface area contributed by atoms with Crippen LogP contribution in [0.4, 0.5) is 5.69 Å². The Kier molecular flexibility index (Phi) is 3.47. The van der Waals surface area contributed by atoms with Gasteiger partial charge in [-0.05, 0) is 38.0 Å². The van der Waals surface area contributed by atoms with Crippen molar-refractivity contribution in [1.29, 1.82) is 0 Å². The molecule has 0 saturated carbocycles. The quantitative estimate of drug-likeness (QED) is 0.845. The maximum Gasteiger partial charge on any atom is 0.0643 e. The highest BCUT2D eigenvalue weighted by atomic mass is 15.1. The molecule has 0 aliphatic carbocycles. The van der Waals surface area contributed by atoms with Crippen LogP contribution < -0.4 is 5.32 Å². The lowest BCUT2D eigenvalue weighted by molar-refractivity contribution is 1.02. The number of rotatable bonds is 4. The second kappa shape index (κ2) is 5.04. The van der Waals surface area contributed by atoms with Crippen molar-refractivity contribution in [3.8, 4) is 0 Å². The molecule has 1 aromatic carbocycles. The van der Waals surface area contributed by atoms with Gasteiger partial charge in [0.1, 0.15) is 0 Å². The summed E-state index contributed by atoms with van der Waals surface area (Å²) in [6, 6.07) is 8.59. The van der Waals surface area contributed by atoms with Gasteiger partial charge < -0.3 is 5.32 Å². The van der Waals surface area contributed by atoms with Crippen LogP contribution in [0.1, 0.15) is 29.4 Å². The van der Waals surface area contributed by atoms with E-state index in [0.717, 1.165) is 30.0 Å². The van der Waals surface area contributed by atoms with Crippen molar-refractivity contribution in [2.24, 2.45) is 0 Å². The zero-order valence-electron chi connectivity index (χ0n) is 10.7. The predicted molar refractivity (Wildman–Crippen MR) is 71.2 cm³/mol. The molecule has 0 spiro atoms. The first-order valence-electron chi connectivity index (χ1n) is 6.04. The predicted octanol–water partition coefficient (Wildman–Crippen LogP) is 3.20.